The molecule has 76 valence electrons. The van der Waals surface area contributed by atoms with Crippen molar-refractivity contribution >= 4 is 22.4 Å². The largest absolute Gasteiger partial charge is 0.362 e. The van der Waals surface area contributed by atoms with Crippen molar-refractivity contribution in [2.24, 2.45) is 0 Å². The van der Waals surface area contributed by atoms with Crippen LogP contribution >= 0.6 is 11.3 Å². The number of thiazole rings is 1. The zero-order valence-electron chi connectivity index (χ0n) is 8.04. The molecule has 1 aromatic heterocycles. The molecule has 1 fully saturated rings. The number of carbonyl (C=O) groups excluding carboxylic acids is 1. The number of hydrogen-bond donors (Lipinski definition) is 2. The number of rotatable bonds is 4. The maximum absolute atomic E-state index is 11.5. The lowest BCUT2D eigenvalue weighted by Crippen LogP contribution is -2.24. The summed E-state index contributed by atoms with van der Waals surface area (Å²) in [5.41, 5.74) is 0. The Balaban J connectivity index is 1.96. The summed E-state index contributed by atoms with van der Waals surface area (Å²) in [5, 5.41) is 6.82. The average molecular weight is 211 g/mol. The third-order valence-corrected chi connectivity index (χ3v) is 2.92. The summed E-state index contributed by atoms with van der Waals surface area (Å²) in [7, 11) is 0. The zero-order valence-corrected chi connectivity index (χ0v) is 8.86. The molecule has 1 aromatic rings. The Morgan fingerprint density at radius 3 is 3.14 bits per heavy atom. The van der Waals surface area contributed by atoms with E-state index in [1.807, 2.05) is 6.92 Å². The van der Waals surface area contributed by atoms with Gasteiger partial charge in [0, 0.05) is 12.6 Å². The fraction of sp³-hybridized carbons (Fsp3) is 0.556. The van der Waals surface area contributed by atoms with E-state index in [-0.39, 0.29) is 5.91 Å². The fourth-order valence-electron chi connectivity index (χ4n) is 1.10. The minimum absolute atomic E-state index is 0.00848. The molecule has 2 N–H and O–H groups in total. The molecule has 1 amide bonds. The van der Waals surface area contributed by atoms with Gasteiger partial charge in [-0.25, -0.2) is 4.98 Å². The second-order valence-corrected chi connectivity index (χ2v) is 4.34. The Morgan fingerprint density at radius 1 is 1.71 bits per heavy atom. The van der Waals surface area contributed by atoms with Gasteiger partial charge in [0.2, 0.25) is 0 Å². The number of nitrogens with zero attached hydrogens (tertiary/aromatic N) is 1. The van der Waals surface area contributed by atoms with Crippen LogP contribution in [0.2, 0.25) is 0 Å². The molecule has 2 rings (SSSR count). The topological polar surface area (TPSA) is 54.0 Å². The number of anilines is 1. The Morgan fingerprint density at radius 2 is 2.50 bits per heavy atom. The van der Waals surface area contributed by atoms with Gasteiger partial charge in [-0.05, 0) is 19.8 Å². The van der Waals surface area contributed by atoms with E-state index in [2.05, 4.69) is 15.6 Å². The number of nitrogens with one attached hydrogen (secondary N) is 2. The van der Waals surface area contributed by atoms with Crippen molar-refractivity contribution in [1.29, 1.82) is 0 Å². The zero-order chi connectivity index (χ0) is 9.97. The quantitative estimate of drug-likeness (QED) is 0.793. The summed E-state index contributed by atoms with van der Waals surface area (Å²) in [6, 6.07) is 0.409. The van der Waals surface area contributed by atoms with Crippen molar-refractivity contribution in [3.8, 4) is 0 Å². The van der Waals surface area contributed by atoms with Crippen LogP contribution in [0.5, 0.6) is 0 Å². The van der Waals surface area contributed by atoms with E-state index in [4.69, 9.17) is 0 Å². The molecule has 4 nitrogen and oxygen atoms in total. The van der Waals surface area contributed by atoms with Gasteiger partial charge < -0.3 is 10.6 Å². The van der Waals surface area contributed by atoms with E-state index < -0.39 is 0 Å². The smallest absolute Gasteiger partial charge is 0.263 e. The fourth-order valence-corrected chi connectivity index (χ4v) is 1.88. The lowest BCUT2D eigenvalue weighted by Gasteiger charge is -1.98. The molecule has 1 saturated carbocycles. The van der Waals surface area contributed by atoms with Crippen LogP contribution in [0, 0.1) is 0 Å². The Hall–Kier alpha value is -1.10. The summed E-state index contributed by atoms with van der Waals surface area (Å²) in [5.74, 6) is 0.00848. The molecule has 1 heterocycles. The molecular weight excluding hydrogens is 198 g/mol. The van der Waals surface area contributed by atoms with E-state index in [0.717, 1.165) is 24.5 Å². The second kappa shape index (κ2) is 3.96. The second-order valence-electron chi connectivity index (χ2n) is 3.31. The lowest BCUT2D eigenvalue weighted by atomic mass is 10.5. The third kappa shape index (κ3) is 2.23. The molecule has 5 heteroatoms. The first-order valence-electron chi connectivity index (χ1n) is 4.80. The molecule has 0 spiro atoms. The van der Waals surface area contributed by atoms with Gasteiger partial charge in [0.25, 0.3) is 5.91 Å². The number of hydrogen-bond acceptors (Lipinski definition) is 4. The normalized spacial score (nSPS) is 15.2. The Labute approximate surface area is 86.7 Å². The summed E-state index contributed by atoms with van der Waals surface area (Å²) in [4.78, 5) is 16.3. The van der Waals surface area contributed by atoms with Gasteiger partial charge in [0.05, 0.1) is 6.20 Å². The van der Waals surface area contributed by atoms with Crippen LogP contribution in [-0.2, 0) is 0 Å². The minimum Gasteiger partial charge on any atom is -0.362 e. The van der Waals surface area contributed by atoms with Crippen molar-refractivity contribution in [3.63, 3.8) is 0 Å². The van der Waals surface area contributed by atoms with E-state index in [1.54, 1.807) is 6.20 Å². The molecule has 0 unspecified atom stereocenters. The maximum atomic E-state index is 11.5. The Bertz CT molecular complexity index is 333. The van der Waals surface area contributed by atoms with E-state index in [1.165, 1.54) is 11.3 Å². The molecule has 0 aliphatic heterocycles. The molecule has 1 aliphatic rings. The van der Waals surface area contributed by atoms with Crippen LogP contribution in [0.1, 0.15) is 29.4 Å². The molecule has 14 heavy (non-hydrogen) atoms. The molecule has 0 saturated heterocycles. The van der Waals surface area contributed by atoms with Gasteiger partial charge in [-0.2, -0.15) is 0 Å². The van der Waals surface area contributed by atoms with Gasteiger partial charge in [-0.15, -0.1) is 0 Å². The highest BCUT2D eigenvalue weighted by atomic mass is 32.1. The molecule has 0 radical (unpaired) electrons. The highest BCUT2D eigenvalue weighted by Gasteiger charge is 2.24. The maximum Gasteiger partial charge on any atom is 0.263 e. The Kier molecular flexibility index (Phi) is 2.67. The standard InChI is InChI=1S/C9H13N3OS/c1-2-10-9-11-5-7(14-9)8(13)12-6-3-4-6/h5-6H,2-4H2,1H3,(H,10,11)(H,12,13). The number of carbonyl (C=O) groups is 1. The minimum atomic E-state index is 0.00848. The highest BCUT2D eigenvalue weighted by molar-refractivity contribution is 7.17. The number of amides is 1. The highest BCUT2D eigenvalue weighted by Crippen LogP contribution is 2.22. The van der Waals surface area contributed by atoms with Gasteiger partial charge in [-0.1, -0.05) is 11.3 Å². The van der Waals surface area contributed by atoms with E-state index in [0.29, 0.717) is 10.9 Å². The monoisotopic (exact) mass is 211 g/mol. The SMILES string of the molecule is CCNc1ncc(C(=O)NC2CC2)s1. The summed E-state index contributed by atoms with van der Waals surface area (Å²) < 4.78 is 0. The van der Waals surface area contributed by atoms with E-state index >= 15 is 0 Å². The summed E-state index contributed by atoms with van der Waals surface area (Å²) in [6.07, 6.45) is 3.86. The molecule has 0 atom stereocenters. The average Bonchev–Trinajstić information content (AvgIpc) is 2.83. The van der Waals surface area contributed by atoms with Crippen molar-refractivity contribution in [3.05, 3.63) is 11.1 Å². The lowest BCUT2D eigenvalue weighted by molar-refractivity contribution is 0.0955. The molecule has 1 aliphatic carbocycles. The summed E-state index contributed by atoms with van der Waals surface area (Å²) >= 11 is 1.40. The van der Waals surface area contributed by atoms with Gasteiger partial charge >= 0.3 is 0 Å². The first-order chi connectivity index (χ1) is 6.79. The number of aromatic nitrogens is 1. The van der Waals surface area contributed by atoms with Crippen LogP contribution in [0.15, 0.2) is 6.20 Å². The first kappa shape index (κ1) is 9.45. The first-order valence-corrected chi connectivity index (χ1v) is 5.62. The predicted molar refractivity (Wildman–Crippen MR) is 56.8 cm³/mol. The summed E-state index contributed by atoms with van der Waals surface area (Å²) in [6.45, 7) is 2.84. The van der Waals surface area contributed by atoms with Crippen molar-refractivity contribution in [2.45, 2.75) is 25.8 Å². The molecular formula is C9H13N3OS. The van der Waals surface area contributed by atoms with Crippen LogP contribution in [0.4, 0.5) is 5.13 Å². The van der Waals surface area contributed by atoms with Crippen LogP contribution in [0.3, 0.4) is 0 Å². The van der Waals surface area contributed by atoms with Gasteiger partial charge in [-0.3, -0.25) is 4.79 Å². The predicted octanol–water partition coefficient (Wildman–Crippen LogP) is 1.47. The molecule has 0 aromatic carbocycles. The van der Waals surface area contributed by atoms with Crippen molar-refractivity contribution in [2.75, 3.05) is 11.9 Å². The van der Waals surface area contributed by atoms with Crippen molar-refractivity contribution < 1.29 is 4.79 Å². The van der Waals surface area contributed by atoms with Gasteiger partial charge in [0.1, 0.15) is 4.88 Å². The van der Waals surface area contributed by atoms with Crippen LogP contribution in [0.25, 0.3) is 0 Å². The van der Waals surface area contributed by atoms with Gasteiger partial charge in [0.15, 0.2) is 5.13 Å². The molecule has 0 bridgehead atoms. The van der Waals surface area contributed by atoms with E-state index in [9.17, 15) is 4.79 Å². The van der Waals surface area contributed by atoms with Crippen molar-refractivity contribution in [1.82, 2.24) is 10.3 Å². The van der Waals surface area contributed by atoms with Crippen LogP contribution < -0.4 is 10.6 Å². The van der Waals surface area contributed by atoms with Crippen LogP contribution in [-0.4, -0.2) is 23.5 Å². The third-order valence-electron chi connectivity index (χ3n) is 1.97.